The topological polar surface area (TPSA) is 21.3 Å². The van der Waals surface area contributed by atoms with Gasteiger partial charge >= 0.3 is 0 Å². The highest BCUT2D eigenvalue weighted by Crippen LogP contribution is 2.35. The summed E-state index contributed by atoms with van der Waals surface area (Å²) in [6.07, 6.45) is 3.78. The van der Waals surface area contributed by atoms with Crippen LogP contribution in [-0.4, -0.2) is 36.8 Å². The van der Waals surface area contributed by atoms with Gasteiger partial charge in [-0.05, 0) is 57.0 Å². The number of rotatable bonds is 6. The van der Waals surface area contributed by atoms with Crippen molar-refractivity contribution in [1.29, 1.82) is 0 Å². The molecule has 0 spiro atoms. The Labute approximate surface area is 111 Å². The molecule has 0 bridgehead atoms. The molecule has 0 aliphatic carbocycles. The summed E-state index contributed by atoms with van der Waals surface area (Å²) in [5.74, 6) is 2.53. The molecule has 1 saturated heterocycles. The molecule has 2 nitrogen and oxygen atoms in total. The van der Waals surface area contributed by atoms with Crippen LogP contribution in [0.2, 0.25) is 0 Å². The summed E-state index contributed by atoms with van der Waals surface area (Å²) >= 11 is 2.07. The van der Waals surface area contributed by atoms with Gasteiger partial charge in [0, 0.05) is 25.3 Å². The van der Waals surface area contributed by atoms with Crippen LogP contribution in [0.15, 0.2) is 0 Å². The molecular weight excluding hydrogens is 230 g/mol. The molecule has 0 amide bonds. The van der Waals surface area contributed by atoms with Crippen molar-refractivity contribution >= 4 is 11.8 Å². The predicted octanol–water partition coefficient (Wildman–Crippen LogP) is 3.31. The van der Waals surface area contributed by atoms with Gasteiger partial charge in [-0.3, -0.25) is 0 Å². The van der Waals surface area contributed by atoms with Crippen LogP contribution in [-0.2, 0) is 4.74 Å². The highest BCUT2D eigenvalue weighted by molar-refractivity contribution is 7.99. The summed E-state index contributed by atoms with van der Waals surface area (Å²) in [5, 5.41) is 3.69. The first kappa shape index (κ1) is 15.3. The van der Waals surface area contributed by atoms with Gasteiger partial charge in [-0.1, -0.05) is 6.92 Å². The summed E-state index contributed by atoms with van der Waals surface area (Å²) in [4.78, 5) is 0. The Kier molecular flexibility index (Phi) is 6.32. The summed E-state index contributed by atoms with van der Waals surface area (Å²) in [6, 6.07) is 0. The van der Waals surface area contributed by atoms with E-state index < -0.39 is 0 Å². The second-order valence-corrected chi connectivity index (χ2v) is 7.56. The molecule has 0 saturated carbocycles. The van der Waals surface area contributed by atoms with E-state index in [2.05, 4.69) is 44.8 Å². The summed E-state index contributed by atoms with van der Waals surface area (Å²) in [7, 11) is 0. The summed E-state index contributed by atoms with van der Waals surface area (Å²) in [5.41, 5.74) is 0.705. The quantitative estimate of drug-likeness (QED) is 0.739. The zero-order valence-electron chi connectivity index (χ0n) is 12.0. The van der Waals surface area contributed by atoms with Crippen LogP contribution in [0.4, 0.5) is 0 Å². The summed E-state index contributed by atoms with van der Waals surface area (Å²) in [6.45, 7) is 12.0. The fourth-order valence-electron chi connectivity index (χ4n) is 2.21. The van der Waals surface area contributed by atoms with E-state index in [-0.39, 0.29) is 5.54 Å². The van der Waals surface area contributed by atoms with Crippen LogP contribution >= 0.6 is 11.8 Å². The molecule has 3 heteroatoms. The molecule has 1 aliphatic rings. The molecule has 0 radical (unpaired) electrons. The number of ether oxygens (including phenoxy) is 1. The fourth-order valence-corrected chi connectivity index (χ4v) is 3.07. The number of thioether (sulfide) groups is 1. The van der Waals surface area contributed by atoms with Crippen LogP contribution in [0.25, 0.3) is 0 Å². The summed E-state index contributed by atoms with van der Waals surface area (Å²) < 4.78 is 5.53. The lowest BCUT2D eigenvalue weighted by atomic mass is 9.77. The maximum atomic E-state index is 5.53. The fraction of sp³-hybridized carbons (Fsp3) is 1.00. The molecule has 0 unspecified atom stereocenters. The lowest BCUT2D eigenvalue weighted by Gasteiger charge is -2.39. The van der Waals surface area contributed by atoms with Crippen molar-refractivity contribution in [3.05, 3.63) is 0 Å². The molecule has 1 N–H and O–H groups in total. The van der Waals surface area contributed by atoms with E-state index in [9.17, 15) is 0 Å². The first-order valence-electron chi connectivity index (χ1n) is 6.88. The van der Waals surface area contributed by atoms with Gasteiger partial charge in [-0.15, -0.1) is 0 Å². The van der Waals surface area contributed by atoms with Crippen LogP contribution in [0, 0.1) is 5.41 Å². The van der Waals surface area contributed by atoms with Crippen molar-refractivity contribution in [2.75, 3.05) is 31.3 Å². The lowest BCUT2D eigenvalue weighted by Crippen LogP contribution is -2.46. The number of hydrogen-bond donors (Lipinski definition) is 1. The molecule has 1 rings (SSSR count). The maximum absolute atomic E-state index is 5.53. The third-order valence-corrected chi connectivity index (χ3v) is 4.43. The monoisotopic (exact) mass is 259 g/mol. The predicted molar refractivity (Wildman–Crippen MR) is 77.9 cm³/mol. The van der Waals surface area contributed by atoms with Crippen molar-refractivity contribution in [2.45, 2.75) is 52.5 Å². The van der Waals surface area contributed by atoms with Gasteiger partial charge in [0.15, 0.2) is 0 Å². The van der Waals surface area contributed by atoms with Crippen LogP contribution in [0.1, 0.15) is 47.0 Å². The van der Waals surface area contributed by atoms with Gasteiger partial charge in [-0.25, -0.2) is 0 Å². The molecule has 102 valence electrons. The Morgan fingerprint density at radius 2 is 1.88 bits per heavy atom. The van der Waals surface area contributed by atoms with Crippen molar-refractivity contribution in [3.63, 3.8) is 0 Å². The maximum Gasteiger partial charge on any atom is 0.0471 e. The first-order chi connectivity index (χ1) is 7.97. The lowest BCUT2D eigenvalue weighted by molar-refractivity contribution is 0.0106. The minimum absolute atomic E-state index is 0.225. The highest BCUT2D eigenvalue weighted by Gasteiger charge is 2.32. The molecule has 17 heavy (non-hydrogen) atoms. The first-order valence-corrected chi connectivity index (χ1v) is 8.03. The molecular formula is C14H29NOS. The van der Waals surface area contributed by atoms with Crippen LogP contribution < -0.4 is 5.32 Å². The molecule has 0 aromatic heterocycles. The van der Waals surface area contributed by atoms with Gasteiger partial charge in [0.1, 0.15) is 0 Å². The Morgan fingerprint density at radius 1 is 1.24 bits per heavy atom. The van der Waals surface area contributed by atoms with E-state index >= 15 is 0 Å². The largest absolute Gasteiger partial charge is 0.381 e. The average molecular weight is 259 g/mol. The van der Waals surface area contributed by atoms with Gasteiger partial charge in [0.25, 0.3) is 0 Å². The Hall–Kier alpha value is 0.270. The molecule has 0 atom stereocenters. The van der Waals surface area contributed by atoms with E-state index in [1.165, 1.54) is 30.8 Å². The standard InChI is InChI=1S/C14H29NOS/c1-5-17-11-8-14(6-9-16-10-7-14)12-15-13(2,3)4/h15H,5-12H2,1-4H3. The van der Waals surface area contributed by atoms with Crippen LogP contribution in [0.3, 0.4) is 0 Å². The Bertz CT molecular complexity index is 207. The molecule has 1 fully saturated rings. The normalized spacial score (nSPS) is 20.5. The smallest absolute Gasteiger partial charge is 0.0471 e. The highest BCUT2D eigenvalue weighted by atomic mass is 32.2. The SMILES string of the molecule is CCSCCC1(CNC(C)(C)C)CCOCC1. The van der Waals surface area contributed by atoms with Crippen LogP contribution in [0.5, 0.6) is 0 Å². The van der Waals surface area contributed by atoms with E-state index in [1.807, 2.05) is 0 Å². The van der Waals surface area contributed by atoms with E-state index in [4.69, 9.17) is 4.74 Å². The molecule has 1 aliphatic heterocycles. The van der Waals surface area contributed by atoms with Gasteiger partial charge in [0.2, 0.25) is 0 Å². The van der Waals surface area contributed by atoms with Crippen molar-refractivity contribution < 1.29 is 4.74 Å². The van der Waals surface area contributed by atoms with Crippen molar-refractivity contribution in [1.82, 2.24) is 5.32 Å². The van der Waals surface area contributed by atoms with E-state index in [0.717, 1.165) is 19.8 Å². The second kappa shape index (κ2) is 7.01. The average Bonchev–Trinajstić information content (AvgIpc) is 2.28. The second-order valence-electron chi connectivity index (χ2n) is 6.16. The van der Waals surface area contributed by atoms with Crippen molar-refractivity contribution in [2.24, 2.45) is 5.41 Å². The van der Waals surface area contributed by atoms with E-state index in [0.29, 0.717) is 5.41 Å². The molecule has 0 aromatic rings. The van der Waals surface area contributed by atoms with E-state index in [1.54, 1.807) is 0 Å². The zero-order valence-corrected chi connectivity index (χ0v) is 12.8. The van der Waals surface area contributed by atoms with Gasteiger partial charge < -0.3 is 10.1 Å². The third kappa shape index (κ3) is 6.12. The third-order valence-electron chi connectivity index (χ3n) is 3.53. The van der Waals surface area contributed by atoms with Gasteiger partial charge in [0.05, 0.1) is 0 Å². The molecule has 1 heterocycles. The number of nitrogens with one attached hydrogen (secondary N) is 1. The van der Waals surface area contributed by atoms with Gasteiger partial charge in [-0.2, -0.15) is 11.8 Å². The minimum Gasteiger partial charge on any atom is -0.381 e. The Morgan fingerprint density at radius 3 is 2.41 bits per heavy atom. The Balaban J connectivity index is 2.46. The minimum atomic E-state index is 0.225. The number of hydrogen-bond acceptors (Lipinski definition) is 3. The zero-order chi connectivity index (χ0) is 12.8. The molecule has 0 aromatic carbocycles. The van der Waals surface area contributed by atoms with Crippen molar-refractivity contribution in [3.8, 4) is 0 Å².